The van der Waals surface area contributed by atoms with Gasteiger partial charge in [0.25, 0.3) is 5.91 Å². The Morgan fingerprint density at radius 3 is 2.28 bits per heavy atom. The molecule has 1 aliphatic heterocycles. The van der Waals surface area contributed by atoms with E-state index in [1.807, 2.05) is 47.4 Å². The molecule has 0 bridgehead atoms. The summed E-state index contributed by atoms with van der Waals surface area (Å²) < 4.78 is 5.15. The zero-order valence-electron chi connectivity index (χ0n) is 16.3. The van der Waals surface area contributed by atoms with Crippen LogP contribution in [0.25, 0.3) is 0 Å². The Morgan fingerprint density at radius 2 is 1.66 bits per heavy atom. The molecule has 1 saturated heterocycles. The third-order valence-corrected chi connectivity index (χ3v) is 4.92. The van der Waals surface area contributed by atoms with Gasteiger partial charge in [-0.15, -0.1) is 0 Å². The van der Waals surface area contributed by atoms with E-state index in [1.54, 1.807) is 13.3 Å². The Labute approximate surface area is 170 Å². The Kier molecular flexibility index (Phi) is 5.56. The van der Waals surface area contributed by atoms with Crippen molar-refractivity contribution < 1.29 is 9.53 Å². The van der Waals surface area contributed by atoms with Gasteiger partial charge in [0.1, 0.15) is 17.3 Å². The maximum absolute atomic E-state index is 12.8. The van der Waals surface area contributed by atoms with E-state index in [1.165, 1.54) is 11.9 Å². The molecule has 1 aliphatic rings. The van der Waals surface area contributed by atoms with E-state index in [4.69, 9.17) is 4.74 Å². The lowest BCUT2D eigenvalue weighted by Gasteiger charge is -2.35. The van der Waals surface area contributed by atoms with Gasteiger partial charge in [-0.25, -0.2) is 9.97 Å². The molecule has 29 heavy (non-hydrogen) atoms. The van der Waals surface area contributed by atoms with Crippen LogP contribution >= 0.6 is 0 Å². The van der Waals surface area contributed by atoms with E-state index in [0.717, 1.165) is 24.5 Å². The molecule has 0 saturated carbocycles. The molecule has 1 fully saturated rings. The minimum absolute atomic E-state index is 0.0822. The van der Waals surface area contributed by atoms with E-state index in [0.29, 0.717) is 24.6 Å². The third kappa shape index (κ3) is 4.45. The summed E-state index contributed by atoms with van der Waals surface area (Å²) in [7, 11) is 1.63. The van der Waals surface area contributed by atoms with Crippen molar-refractivity contribution in [2.45, 2.75) is 0 Å². The van der Waals surface area contributed by atoms with Crippen molar-refractivity contribution in [3.05, 3.63) is 72.7 Å². The number of aromatic nitrogens is 2. The Bertz CT molecular complexity index is 937. The summed E-state index contributed by atoms with van der Waals surface area (Å²) in [5.41, 5.74) is 2.42. The molecule has 7 nitrogen and oxygen atoms in total. The summed E-state index contributed by atoms with van der Waals surface area (Å²) >= 11 is 0. The van der Waals surface area contributed by atoms with Crippen molar-refractivity contribution in [3.63, 3.8) is 0 Å². The topological polar surface area (TPSA) is 70.6 Å². The van der Waals surface area contributed by atoms with Crippen molar-refractivity contribution in [2.75, 3.05) is 43.5 Å². The molecule has 3 aromatic rings. The molecular formula is C22H23N5O2. The monoisotopic (exact) mass is 389 g/mol. The van der Waals surface area contributed by atoms with Crippen LogP contribution in [0.3, 0.4) is 0 Å². The van der Waals surface area contributed by atoms with E-state index in [2.05, 4.69) is 32.3 Å². The Morgan fingerprint density at radius 1 is 0.931 bits per heavy atom. The second-order valence-electron chi connectivity index (χ2n) is 6.76. The smallest absolute Gasteiger partial charge is 0.274 e. The summed E-state index contributed by atoms with van der Waals surface area (Å²) in [6.45, 7) is 2.95. The van der Waals surface area contributed by atoms with Crippen LogP contribution in [-0.2, 0) is 0 Å². The zero-order chi connectivity index (χ0) is 20.1. The standard InChI is InChI=1S/C22H23N5O2/c1-29-19-9-7-17(8-10-19)25-21-16-23-20(15-24-21)22(28)27-13-11-26(12-14-27)18-5-3-2-4-6-18/h2-10,15-16H,11-14H2,1H3,(H,24,25). The van der Waals surface area contributed by atoms with Crippen LogP contribution in [0.5, 0.6) is 5.75 Å². The van der Waals surface area contributed by atoms with Crippen LogP contribution in [0, 0.1) is 0 Å². The lowest BCUT2D eigenvalue weighted by molar-refractivity contribution is 0.0740. The first-order valence-corrected chi connectivity index (χ1v) is 9.55. The highest BCUT2D eigenvalue weighted by Gasteiger charge is 2.23. The van der Waals surface area contributed by atoms with Gasteiger partial charge in [0.05, 0.1) is 19.5 Å². The van der Waals surface area contributed by atoms with Gasteiger partial charge in [-0.3, -0.25) is 4.79 Å². The molecule has 0 aliphatic carbocycles. The number of anilines is 3. The third-order valence-electron chi connectivity index (χ3n) is 4.92. The molecule has 0 atom stereocenters. The quantitative estimate of drug-likeness (QED) is 0.723. The SMILES string of the molecule is COc1ccc(Nc2cnc(C(=O)N3CCN(c4ccccc4)CC3)cn2)cc1. The summed E-state index contributed by atoms with van der Waals surface area (Å²) in [6, 6.07) is 17.8. The first kappa shape index (κ1) is 18.7. The largest absolute Gasteiger partial charge is 0.497 e. The number of benzene rings is 2. The van der Waals surface area contributed by atoms with Crippen molar-refractivity contribution in [1.82, 2.24) is 14.9 Å². The van der Waals surface area contributed by atoms with Crippen molar-refractivity contribution >= 4 is 23.1 Å². The highest BCUT2D eigenvalue weighted by Crippen LogP contribution is 2.19. The Balaban J connectivity index is 1.34. The van der Waals surface area contributed by atoms with Crippen LogP contribution in [0.1, 0.15) is 10.5 Å². The summed E-state index contributed by atoms with van der Waals surface area (Å²) in [4.78, 5) is 25.5. The lowest BCUT2D eigenvalue weighted by atomic mass is 10.2. The molecule has 4 rings (SSSR count). The second-order valence-corrected chi connectivity index (χ2v) is 6.76. The van der Waals surface area contributed by atoms with Gasteiger partial charge < -0.3 is 19.9 Å². The molecule has 1 N–H and O–H groups in total. The van der Waals surface area contributed by atoms with Crippen LogP contribution < -0.4 is 15.0 Å². The second kappa shape index (κ2) is 8.60. The molecule has 7 heteroatoms. The Hall–Kier alpha value is -3.61. The maximum Gasteiger partial charge on any atom is 0.274 e. The number of hydrogen-bond acceptors (Lipinski definition) is 6. The van der Waals surface area contributed by atoms with E-state index in [9.17, 15) is 4.79 Å². The van der Waals surface area contributed by atoms with Gasteiger partial charge in [0.2, 0.25) is 0 Å². The summed E-state index contributed by atoms with van der Waals surface area (Å²) in [6.07, 6.45) is 3.11. The van der Waals surface area contributed by atoms with Crippen LogP contribution in [0.2, 0.25) is 0 Å². The van der Waals surface area contributed by atoms with Crippen LogP contribution in [0.15, 0.2) is 67.0 Å². The predicted molar refractivity (Wildman–Crippen MR) is 113 cm³/mol. The first-order valence-electron chi connectivity index (χ1n) is 9.55. The van der Waals surface area contributed by atoms with E-state index >= 15 is 0 Å². The number of ether oxygens (including phenoxy) is 1. The number of rotatable bonds is 5. The summed E-state index contributed by atoms with van der Waals surface area (Å²) in [5.74, 6) is 1.29. The van der Waals surface area contributed by atoms with Crippen molar-refractivity contribution in [3.8, 4) is 5.75 Å². The van der Waals surface area contributed by atoms with Crippen molar-refractivity contribution in [1.29, 1.82) is 0 Å². The van der Waals surface area contributed by atoms with Crippen LogP contribution in [-0.4, -0.2) is 54.1 Å². The minimum Gasteiger partial charge on any atom is -0.497 e. The molecule has 2 aromatic carbocycles. The first-order chi connectivity index (χ1) is 14.2. The van der Waals surface area contributed by atoms with E-state index in [-0.39, 0.29) is 5.91 Å². The fourth-order valence-electron chi connectivity index (χ4n) is 3.29. The lowest BCUT2D eigenvalue weighted by Crippen LogP contribution is -2.49. The highest BCUT2D eigenvalue weighted by atomic mass is 16.5. The molecule has 1 aromatic heterocycles. The van der Waals surface area contributed by atoms with Gasteiger partial charge >= 0.3 is 0 Å². The maximum atomic E-state index is 12.8. The molecule has 0 radical (unpaired) electrons. The van der Waals surface area contributed by atoms with Gasteiger partial charge in [0, 0.05) is 37.6 Å². The number of hydrogen-bond donors (Lipinski definition) is 1. The molecule has 0 spiro atoms. The number of amides is 1. The molecule has 0 unspecified atom stereocenters. The van der Waals surface area contributed by atoms with Crippen molar-refractivity contribution in [2.24, 2.45) is 0 Å². The number of nitrogens with zero attached hydrogens (tertiary/aromatic N) is 4. The van der Waals surface area contributed by atoms with E-state index < -0.39 is 0 Å². The number of piperazine rings is 1. The normalized spacial score (nSPS) is 13.8. The number of carbonyl (C=O) groups excluding carboxylic acids is 1. The predicted octanol–water partition coefficient (Wildman–Crippen LogP) is 3.19. The van der Waals surface area contributed by atoms with Crippen LogP contribution in [0.4, 0.5) is 17.2 Å². The molecule has 1 amide bonds. The average molecular weight is 389 g/mol. The van der Waals surface area contributed by atoms with Gasteiger partial charge in [-0.1, -0.05) is 18.2 Å². The minimum atomic E-state index is -0.0822. The fourth-order valence-corrected chi connectivity index (χ4v) is 3.29. The molecular weight excluding hydrogens is 366 g/mol. The summed E-state index contributed by atoms with van der Waals surface area (Å²) in [5, 5.41) is 3.16. The fraction of sp³-hybridized carbons (Fsp3) is 0.227. The highest BCUT2D eigenvalue weighted by molar-refractivity contribution is 5.92. The van der Waals surface area contributed by atoms with Gasteiger partial charge in [-0.2, -0.15) is 0 Å². The number of para-hydroxylation sites is 1. The number of carbonyl (C=O) groups is 1. The molecule has 148 valence electrons. The zero-order valence-corrected chi connectivity index (χ0v) is 16.3. The van der Waals surface area contributed by atoms with Gasteiger partial charge in [-0.05, 0) is 36.4 Å². The average Bonchev–Trinajstić information content (AvgIpc) is 2.80. The van der Waals surface area contributed by atoms with Gasteiger partial charge in [0.15, 0.2) is 0 Å². The molecule has 2 heterocycles. The number of nitrogens with one attached hydrogen (secondary N) is 1. The number of methoxy groups -OCH3 is 1.